The third kappa shape index (κ3) is 3.65. The van der Waals surface area contributed by atoms with Crippen LogP contribution in [0.25, 0.3) is 0 Å². The Hall–Kier alpha value is -1.26. The molecule has 5 nitrogen and oxygen atoms in total. The minimum absolute atomic E-state index is 0.215. The summed E-state index contributed by atoms with van der Waals surface area (Å²) in [5.41, 5.74) is 0.310. The molecular weight excluding hydrogens is 316 g/mol. The lowest BCUT2D eigenvalue weighted by Gasteiger charge is -2.56. The van der Waals surface area contributed by atoms with E-state index in [-0.39, 0.29) is 18.0 Å². The van der Waals surface area contributed by atoms with Crippen LogP contribution in [-0.4, -0.2) is 42.6 Å². The highest BCUT2D eigenvalue weighted by Gasteiger charge is 2.51. The molecule has 5 rings (SSSR count). The molecule has 5 heteroatoms. The number of carbonyl (C=O) groups is 2. The standard InChI is InChI=1S/C20H32N2O3/c1-2-25-19(24)22-5-3-17(4-6-22)21-18(23)13-20-10-14-7-15(11-20)9-16(8-14)12-20/h14-17H,2-13H2,1H3,(H,21,23). The summed E-state index contributed by atoms with van der Waals surface area (Å²) in [7, 11) is 0. The molecule has 5 aliphatic rings. The summed E-state index contributed by atoms with van der Waals surface area (Å²) in [6.45, 7) is 3.61. The zero-order valence-electron chi connectivity index (χ0n) is 15.5. The van der Waals surface area contributed by atoms with Gasteiger partial charge in [-0.25, -0.2) is 4.79 Å². The number of hydrogen-bond donors (Lipinski definition) is 1. The molecule has 0 aromatic heterocycles. The molecule has 2 amide bonds. The van der Waals surface area contributed by atoms with E-state index in [1.54, 1.807) is 4.90 Å². The Morgan fingerprint density at radius 3 is 2.12 bits per heavy atom. The SMILES string of the molecule is CCOC(=O)N1CCC(NC(=O)CC23CC4CC(CC(C4)C2)C3)CC1. The molecule has 0 atom stereocenters. The van der Waals surface area contributed by atoms with E-state index in [0.717, 1.165) is 37.0 Å². The molecule has 1 N–H and O–H groups in total. The molecule has 5 fully saturated rings. The number of ether oxygens (including phenoxy) is 1. The lowest BCUT2D eigenvalue weighted by atomic mass is 9.49. The van der Waals surface area contributed by atoms with Crippen molar-refractivity contribution in [1.82, 2.24) is 10.2 Å². The van der Waals surface area contributed by atoms with Gasteiger partial charge in [0.05, 0.1) is 6.61 Å². The van der Waals surface area contributed by atoms with Crippen LogP contribution in [0.15, 0.2) is 0 Å². The van der Waals surface area contributed by atoms with Gasteiger partial charge in [0.1, 0.15) is 0 Å². The first-order valence-corrected chi connectivity index (χ1v) is 10.3. The smallest absolute Gasteiger partial charge is 0.409 e. The molecule has 0 radical (unpaired) electrons. The number of amides is 2. The Bertz CT molecular complexity index is 490. The van der Waals surface area contributed by atoms with Crippen LogP contribution in [0, 0.1) is 23.2 Å². The van der Waals surface area contributed by atoms with Gasteiger partial charge in [-0.1, -0.05) is 0 Å². The van der Waals surface area contributed by atoms with E-state index >= 15 is 0 Å². The molecule has 1 aliphatic heterocycles. The van der Waals surface area contributed by atoms with Crippen LogP contribution < -0.4 is 5.32 Å². The second-order valence-corrected chi connectivity index (χ2v) is 9.12. The molecule has 4 bridgehead atoms. The van der Waals surface area contributed by atoms with Gasteiger partial charge in [-0.3, -0.25) is 4.79 Å². The number of likely N-dealkylation sites (tertiary alicyclic amines) is 1. The van der Waals surface area contributed by atoms with E-state index in [4.69, 9.17) is 4.74 Å². The fourth-order valence-electron chi connectivity index (χ4n) is 6.55. The van der Waals surface area contributed by atoms with Gasteiger partial charge in [0.25, 0.3) is 0 Å². The minimum atomic E-state index is -0.221. The summed E-state index contributed by atoms with van der Waals surface area (Å²) in [5, 5.41) is 3.27. The van der Waals surface area contributed by atoms with Gasteiger partial charge in [-0.2, -0.15) is 0 Å². The van der Waals surface area contributed by atoms with Crippen LogP contribution in [0.3, 0.4) is 0 Å². The number of nitrogens with one attached hydrogen (secondary N) is 1. The Balaban J connectivity index is 1.26. The fourth-order valence-corrected chi connectivity index (χ4v) is 6.55. The molecule has 0 aromatic rings. The van der Waals surface area contributed by atoms with Gasteiger partial charge in [-0.05, 0) is 81.5 Å². The highest BCUT2D eigenvalue weighted by Crippen LogP contribution is 2.61. The molecule has 4 aliphatic carbocycles. The van der Waals surface area contributed by atoms with Crippen LogP contribution in [0.5, 0.6) is 0 Å². The predicted molar refractivity (Wildman–Crippen MR) is 95.0 cm³/mol. The molecule has 1 heterocycles. The highest BCUT2D eigenvalue weighted by atomic mass is 16.6. The van der Waals surface area contributed by atoms with Crippen molar-refractivity contribution >= 4 is 12.0 Å². The largest absolute Gasteiger partial charge is 0.450 e. The number of hydrogen-bond acceptors (Lipinski definition) is 3. The normalized spacial score (nSPS) is 37.2. The molecule has 25 heavy (non-hydrogen) atoms. The average molecular weight is 348 g/mol. The van der Waals surface area contributed by atoms with E-state index in [9.17, 15) is 9.59 Å². The summed E-state index contributed by atoms with van der Waals surface area (Å²) in [5.74, 6) is 2.93. The zero-order valence-corrected chi connectivity index (χ0v) is 15.5. The number of nitrogens with zero attached hydrogens (tertiary/aromatic N) is 1. The van der Waals surface area contributed by atoms with Crippen molar-refractivity contribution in [3.8, 4) is 0 Å². The molecular formula is C20H32N2O3. The second kappa shape index (κ2) is 6.81. The van der Waals surface area contributed by atoms with Gasteiger partial charge in [-0.15, -0.1) is 0 Å². The zero-order chi connectivity index (χ0) is 17.4. The molecule has 4 saturated carbocycles. The molecule has 140 valence electrons. The van der Waals surface area contributed by atoms with E-state index in [1.807, 2.05) is 6.92 Å². The van der Waals surface area contributed by atoms with Crippen molar-refractivity contribution in [1.29, 1.82) is 0 Å². The van der Waals surface area contributed by atoms with E-state index < -0.39 is 0 Å². The summed E-state index contributed by atoms with van der Waals surface area (Å²) < 4.78 is 5.06. The number of rotatable bonds is 4. The maximum atomic E-state index is 12.7. The van der Waals surface area contributed by atoms with Gasteiger partial charge in [0.15, 0.2) is 0 Å². The van der Waals surface area contributed by atoms with Crippen LogP contribution in [0.1, 0.15) is 64.7 Å². The van der Waals surface area contributed by atoms with Crippen molar-refractivity contribution in [2.75, 3.05) is 19.7 Å². The Labute approximate surface area is 150 Å². The minimum Gasteiger partial charge on any atom is -0.450 e. The monoisotopic (exact) mass is 348 g/mol. The first-order valence-electron chi connectivity index (χ1n) is 10.3. The van der Waals surface area contributed by atoms with Crippen molar-refractivity contribution in [2.24, 2.45) is 23.2 Å². The van der Waals surface area contributed by atoms with Gasteiger partial charge in [0, 0.05) is 25.6 Å². The van der Waals surface area contributed by atoms with Crippen LogP contribution in [0.4, 0.5) is 4.79 Å². The maximum absolute atomic E-state index is 12.7. The predicted octanol–water partition coefficient (Wildman–Crippen LogP) is 3.33. The van der Waals surface area contributed by atoms with Crippen LogP contribution in [0.2, 0.25) is 0 Å². The summed E-state index contributed by atoms with van der Waals surface area (Å²) in [6, 6.07) is 0.215. The van der Waals surface area contributed by atoms with Crippen molar-refractivity contribution in [3.63, 3.8) is 0 Å². The van der Waals surface area contributed by atoms with Crippen molar-refractivity contribution in [3.05, 3.63) is 0 Å². The van der Waals surface area contributed by atoms with E-state index in [2.05, 4.69) is 5.32 Å². The fraction of sp³-hybridized carbons (Fsp3) is 0.900. The summed E-state index contributed by atoms with van der Waals surface area (Å²) >= 11 is 0. The Morgan fingerprint density at radius 1 is 1.04 bits per heavy atom. The lowest BCUT2D eigenvalue weighted by molar-refractivity contribution is -0.130. The summed E-state index contributed by atoms with van der Waals surface area (Å²) in [4.78, 5) is 26.2. The number of piperidine rings is 1. The van der Waals surface area contributed by atoms with Gasteiger partial charge < -0.3 is 15.0 Å². The molecule has 0 unspecified atom stereocenters. The second-order valence-electron chi connectivity index (χ2n) is 9.12. The third-order valence-electron chi connectivity index (χ3n) is 7.09. The van der Waals surface area contributed by atoms with Crippen LogP contribution in [-0.2, 0) is 9.53 Å². The van der Waals surface area contributed by atoms with Crippen molar-refractivity contribution in [2.45, 2.75) is 70.8 Å². The number of carbonyl (C=O) groups excluding carboxylic acids is 2. The van der Waals surface area contributed by atoms with E-state index in [0.29, 0.717) is 25.1 Å². The maximum Gasteiger partial charge on any atom is 0.409 e. The first-order chi connectivity index (χ1) is 12.0. The third-order valence-corrected chi connectivity index (χ3v) is 7.09. The van der Waals surface area contributed by atoms with Crippen LogP contribution >= 0.6 is 0 Å². The summed E-state index contributed by atoms with van der Waals surface area (Å²) in [6.07, 6.45) is 10.3. The lowest BCUT2D eigenvalue weighted by Crippen LogP contribution is -2.50. The molecule has 0 aromatic carbocycles. The molecule has 0 spiro atoms. The topological polar surface area (TPSA) is 58.6 Å². The quantitative estimate of drug-likeness (QED) is 0.848. The molecule has 1 saturated heterocycles. The highest BCUT2D eigenvalue weighted by molar-refractivity contribution is 5.77. The first kappa shape index (κ1) is 17.2. The van der Waals surface area contributed by atoms with Gasteiger partial charge >= 0.3 is 6.09 Å². The average Bonchev–Trinajstić information content (AvgIpc) is 2.53. The van der Waals surface area contributed by atoms with Crippen molar-refractivity contribution < 1.29 is 14.3 Å². The Kier molecular flexibility index (Phi) is 4.67. The Morgan fingerprint density at radius 2 is 1.60 bits per heavy atom. The van der Waals surface area contributed by atoms with E-state index in [1.165, 1.54) is 38.5 Å². The van der Waals surface area contributed by atoms with Gasteiger partial charge in [0.2, 0.25) is 5.91 Å².